The Morgan fingerprint density at radius 2 is 1.94 bits per heavy atom. The number of ether oxygens (including phenoxy) is 1. The van der Waals surface area contributed by atoms with E-state index >= 15 is 0 Å². The molecule has 2 aromatic carbocycles. The number of methoxy groups -OCH3 is 1. The molecule has 8 heteroatoms. The molecular formula is C26H31ClN4O3. The van der Waals surface area contributed by atoms with Crippen molar-refractivity contribution in [1.29, 1.82) is 0 Å². The van der Waals surface area contributed by atoms with Gasteiger partial charge in [-0.1, -0.05) is 37.6 Å². The van der Waals surface area contributed by atoms with Crippen LogP contribution in [0.2, 0.25) is 5.02 Å². The molecule has 2 heterocycles. The molecule has 0 saturated carbocycles. The number of piperidine rings is 1. The first-order valence-electron chi connectivity index (χ1n) is 11.7. The van der Waals surface area contributed by atoms with Crippen LogP contribution in [0.5, 0.6) is 5.75 Å². The van der Waals surface area contributed by atoms with Gasteiger partial charge in [-0.2, -0.15) is 0 Å². The van der Waals surface area contributed by atoms with Gasteiger partial charge in [0.15, 0.2) is 0 Å². The number of benzene rings is 2. The van der Waals surface area contributed by atoms with Gasteiger partial charge in [0, 0.05) is 24.0 Å². The summed E-state index contributed by atoms with van der Waals surface area (Å²) in [4.78, 5) is 36.1. The van der Waals surface area contributed by atoms with Gasteiger partial charge in [0.1, 0.15) is 11.6 Å². The highest BCUT2D eigenvalue weighted by molar-refractivity contribution is 6.31. The maximum absolute atomic E-state index is 13.2. The minimum absolute atomic E-state index is 0.0125. The van der Waals surface area contributed by atoms with Crippen molar-refractivity contribution in [3.05, 3.63) is 58.9 Å². The van der Waals surface area contributed by atoms with Crippen LogP contribution in [-0.4, -0.2) is 46.9 Å². The number of H-pyrrole nitrogens is 1. The van der Waals surface area contributed by atoms with Crippen LogP contribution in [0, 0.1) is 11.8 Å². The number of nitrogens with zero attached hydrogens (tertiary/aromatic N) is 2. The van der Waals surface area contributed by atoms with Crippen molar-refractivity contribution in [2.75, 3.05) is 20.2 Å². The van der Waals surface area contributed by atoms with Crippen molar-refractivity contribution in [3.63, 3.8) is 0 Å². The Hall–Kier alpha value is -3.06. The maximum atomic E-state index is 13.2. The van der Waals surface area contributed by atoms with Crippen LogP contribution in [0.3, 0.4) is 0 Å². The van der Waals surface area contributed by atoms with E-state index in [-0.39, 0.29) is 23.8 Å². The van der Waals surface area contributed by atoms with E-state index in [0.29, 0.717) is 48.2 Å². The highest BCUT2D eigenvalue weighted by Crippen LogP contribution is 2.28. The van der Waals surface area contributed by atoms with Crippen LogP contribution < -0.4 is 10.1 Å². The predicted octanol–water partition coefficient (Wildman–Crippen LogP) is 4.98. The van der Waals surface area contributed by atoms with Gasteiger partial charge >= 0.3 is 0 Å². The van der Waals surface area contributed by atoms with E-state index in [1.807, 2.05) is 24.3 Å². The van der Waals surface area contributed by atoms with Crippen molar-refractivity contribution in [2.45, 2.75) is 39.2 Å². The van der Waals surface area contributed by atoms with Crippen molar-refractivity contribution in [3.8, 4) is 5.75 Å². The van der Waals surface area contributed by atoms with Gasteiger partial charge in [-0.15, -0.1) is 0 Å². The number of rotatable bonds is 7. The number of amides is 2. The quantitative estimate of drug-likeness (QED) is 0.497. The molecule has 180 valence electrons. The largest absolute Gasteiger partial charge is 0.496 e. The van der Waals surface area contributed by atoms with Gasteiger partial charge < -0.3 is 19.9 Å². The molecule has 1 aromatic heterocycles. The van der Waals surface area contributed by atoms with Crippen molar-refractivity contribution >= 4 is 34.4 Å². The average molecular weight is 483 g/mol. The molecule has 7 nitrogen and oxygen atoms in total. The molecule has 3 aromatic rings. The molecule has 1 aliphatic heterocycles. The van der Waals surface area contributed by atoms with Crippen molar-refractivity contribution < 1.29 is 14.3 Å². The SMILES string of the molecule is COc1ccc(Cl)cc1C(=O)N1CCC(C(=O)NC(CC(C)C)c2nc3ccccc3[nH]2)CC1. The third-order valence-corrected chi connectivity index (χ3v) is 6.54. The fourth-order valence-corrected chi connectivity index (χ4v) is 4.67. The molecule has 4 rings (SSSR count). The highest BCUT2D eigenvalue weighted by atomic mass is 35.5. The molecule has 1 fully saturated rings. The van der Waals surface area contributed by atoms with Gasteiger partial charge in [-0.25, -0.2) is 4.98 Å². The minimum atomic E-state index is -0.185. The zero-order valence-corrected chi connectivity index (χ0v) is 20.6. The molecule has 34 heavy (non-hydrogen) atoms. The molecule has 0 radical (unpaired) electrons. The topological polar surface area (TPSA) is 87.3 Å². The average Bonchev–Trinajstić information content (AvgIpc) is 3.27. The van der Waals surface area contributed by atoms with Crippen LogP contribution in [0.15, 0.2) is 42.5 Å². The number of carbonyl (C=O) groups is 2. The molecule has 1 aliphatic rings. The minimum Gasteiger partial charge on any atom is -0.496 e. The first kappa shape index (κ1) is 24.1. The Morgan fingerprint density at radius 3 is 2.62 bits per heavy atom. The second kappa shape index (κ2) is 10.5. The summed E-state index contributed by atoms with van der Waals surface area (Å²) in [6.07, 6.45) is 2.00. The van der Waals surface area contributed by atoms with Gasteiger partial charge in [0.2, 0.25) is 5.91 Å². The number of hydrogen-bond donors (Lipinski definition) is 2. The molecule has 2 N–H and O–H groups in total. The van der Waals surface area contributed by atoms with Gasteiger partial charge in [-0.3, -0.25) is 9.59 Å². The number of aromatic nitrogens is 2. The first-order chi connectivity index (χ1) is 16.4. The Bertz CT molecular complexity index is 1130. The number of likely N-dealkylation sites (tertiary alicyclic amines) is 1. The smallest absolute Gasteiger partial charge is 0.257 e. The molecule has 0 bridgehead atoms. The fourth-order valence-electron chi connectivity index (χ4n) is 4.50. The molecule has 2 amide bonds. The van der Waals surface area contributed by atoms with Crippen LogP contribution >= 0.6 is 11.6 Å². The number of hydrogen-bond acceptors (Lipinski definition) is 4. The van der Waals surface area contributed by atoms with E-state index < -0.39 is 0 Å². The van der Waals surface area contributed by atoms with Crippen LogP contribution in [0.25, 0.3) is 11.0 Å². The molecule has 0 aliphatic carbocycles. The number of imidazole rings is 1. The summed E-state index contributed by atoms with van der Waals surface area (Å²) in [6.45, 7) is 5.28. The van der Waals surface area contributed by atoms with E-state index in [1.54, 1.807) is 23.1 Å². The van der Waals surface area contributed by atoms with E-state index in [9.17, 15) is 9.59 Å². The van der Waals surface area contributed by atoms with Crippen LogP contribution in [0.4, 0.5) is 0 Å². The van der Waals surface area contributed by atoms with Gasteiger partial charge in [-0.05, 0) is 55.5 Å². The van der Waals surface area contributed by atoms with Crippen molar-refractivity contribution in [2.24, 2.45) is 11.8 Å². The number of para-hydroxylation sites is 2. The number of carbonyl (C=O) groups excluding carboxylic acids is 2. The number of aromatic amines is 1. The summed E-state index contributed by atoms with van der Waals surface area (Å²) < 4.78 is 5.33. The summed E-state index contributed by atoms with van der Waals surface area (Å²) >= 11 is 6.10. The lowest BCUT2D eigenvalue weighted by molar-refractivity contribution is -0.127. The number of nitrogens with one attached hydrogen (secondary N) is 2. The summed E-state index contributed by atoms with van der Waals surface area (Å²) in [5.41, 5.74) is 2.30. The van der Waals surface area contributed by atoms with E-state index in [2.05, 4.69) is 24.1 Å². The second-order valence-electron chi connectivity index (χ2n) is 9.24. The maximum Gasteiger partial charge on any atom is 0.257 e. The Kier molecular flexibility index (Phi) is 7.41. The number of fused-ring (bicyclic) bond motifs is 1. The summed E-state index contributed by atoms with van der Waals surface area (Å²) in [6, 6.07) is 12.7. The highest BCUT2D eigenvalue weighted by Gasteiger charge is 2.31. The third kappa shape index (κ3) is 5.36. The van der Waals surface area contributed by atoms with Gasteiger partial charge in [0.25, 0.3) is 5.91 Å². The van der Waals surface area contributed by atoms with Crippen LogP contribution in [-0.2, 0) is 4.79 Å². The predicted molar refractivity (Wildman–Crippen MR) is 133 cm³/mol. The lowest BCUT2D eigenvalue weighted by Gasteiger charge is -2.32. The lowest BCUT2D eigenvalue weighted by atomic mass is 9.94. The molecule has 1 unspecified atom stereocenters. The van der Waals surface area contributed by atoms with E-state index in [4.69, 9.17) is 21.3 Å². The second-order valence-corrected chi connectivity index (χ2v) is 9.68. The standard InChI is InChI=1S/C26H31ClN4O3/c1-16(2)14-22(24-28-20-6-4-5-7-21(20)29-24)30-25(32)17-10-12-31(13-11-17)26(33)19-15-18(27)8-9-23(19)34-3/h4-9,15-17,22H,10-14H2,1-3H3,(H,28,29)(H,30,32). The van der Waals surface area contributed by atoms with Crippen LogP contribution in [0.1, 0.15) is 55.3 Å². The molecule has 1 saturated heterocycles. The summed E-state index contributed by atoms with van der Waals surface area (Å²) in [5.74, 6) is 1.41. The Balaban J connectivity index is 1.41. The zero-order chi connectivity index (χ0) is 24.2. The third-order valence-electron chi connectivity index (χ3n) is 6.31. The molecular weight excluding hydrogens is 452 g/mol. The van der Waals surface area contributed by atoms with E-state index in [0.717, 1.165) is 23.3 Å². The summed E-state index contributed by atoms with van der Waals surface area (Å²) in [7, 11) is 1.53. The first-order valence-corrected chi connectivity index (χ1v) is 12.1. The lowest BCUT2D eigenvalue weighted by Crippen LogP contribution is -2.44. The Morgan fingerprint density at radius 1 is 1.21 bits per heavy atom. The monoisotopic (exact) mass is 482 g/mol. The van der Waals surface area contributed by atoms with E-state index in [1.165, 1.54) is 7.11 Å². The van der Waals surface area contributed by atoms with Crippen molar-refractivity contribution in [1.82, 2.24) is 20.2 Å². The molecule has 0 spiro atoms. The number of halogens is 1. The van der Waals surface area contributed by atoms with Gasteiger partial charge in [0.05, 0.1) is 29.7 Å². The fraction of sp³-hybridized carbons (Fsp3) is 0.423. The Labute approximate surface area is 204 Å². The zero-order valence-electron chi connectivity index (χ0n) is 19.8. The summed E-state index contributed by atoms with van der Waals surface area (Å²) in [5, 5.41) is 3.71. The normalized spacial score (nSPS) is 15.5. The molecule has 1 atom stereocenters.